The summed E-state index contributed by atoms with van der Waals surface area (Å²) in [5.41, 5.74) is 5.51. The van der Waals surface area contributed by atoms with Gasteiger partial charge in [-0.1, -0.05) is 165 Å². The molecule has 0 N–H and O–H groups in total. The highest BCUT2D eigenvalue weighted by Crippen LogP contribution is 2.32. The number of hydrogen-bond donors (Lipinski definition) is 0. The van der Waals surface area contributed by atoms with E-state index in [-0.39, 0.29) is 0 Å². The van der Waals surface area contributed by atoms with Gasteiger partial charge in [0, 0.05) is 0 Å². The molecule has 2 saturated carbocycles. The molecule has 0 heteroatoms. The first-order valence-electron chi connectivity index (χ1n) is 15.4. The molecular weight excluding hydrogens is 432 g/mol. The van der Waals surface area contributed by atoms with Gasteiger partial charge in [0.05, 0.1) is 0 Å². The van der Waals surface area contributed by atoms with E-state index in [9.17, 15) is 0 Å². The maximum atomic E-state index is 2.37. The molecule has 0 aliphatic heterocycles. The average molecular weight is 493 g/mol. The van der Waals surface area contributed by atoms with Crippen molar-refractivity contribution in [3.63, 3.8) is 0 Å². The van der Waals surface area contributed by atoms with Crippen LogP contribution in [0.3, 0.4) is 0 Å². The zero-order valence-corrected chi connectivity index (χ0v) is 25.4. The summed E-state index contributed by atoms with van der Waals surface area (Å²) >= 11 is 0. The van der Waals surface area contributed by atoms with Crippen LogP contribution in [0.2, 0.25) is 0 Å². The van der Waals surface area contributed by atoms with Crippen molar-refractivity contribution in [2.45, 2.75) is 132 Å². The molecule has 0 saturated heterocycles. The summed E-state index contributed by atoms with van der Waals surface area (Å²) in [6.07, 6.45) is 17.0. The summed E-state index contributed by atoms with van der Waals surface area (Å²) in [5.74, 6) is 4.18. The van der Waals surface area contributed by atoms with Crippen molar-refractivity contribution in [2.75, 3.05) is 0 Å². The van der Waals surface area contributed by atoms with Gasteiger partial charge >= 0.3 is 0 Å². The van der Waals surface area contributed by atoms with Crippen LogP contribution in [0.4, 0.5) is 0 Å². The lowest BCUT2D eigenvalue weighted by atomic mass is 9.80. The number of aryl methyl sites for hydroxylation is 4. The highest BCUT2D eigenvalue weighted by Gasteiger charge is 2.17. The van der Waals surface area contributed by atoms with Gasteiger partial charge in [-0.05, 0) is 61.5 Å². The van der Waals surface area contributed by atoms with Crippen molar-refractivity contribution < 1.29 is 0 Å². The minimum Gasteiger partial charge on any atom is -0.0651 e. The molecule has 4 rings (SSSR count). The van der Waals surface area contributed by atoms with E-state index in [0.29, 0.717) is 0 Å². The Morgan fingerprint density at radius 2 is 0.750 bits per heavy atom. The fourth-order valence-corrected chi connectivity index (χ4v) is 5.12. The van der Waals surface area contributed by atoms with Gasteiger partial charge in [-0.25, -0.2) is 0 Å². The molecule has 0 radical (unpaired) electrons. The fourth-order valence-electron chi connectivity index (χ4n) is 5.12. The molecule has 0 unspecified atom stereocenters. The second-order valence-corrected chi connectivity index (χ2v) is 11.7. The van der Waals surface area contributed by atoms with Crippen molar-refractivity contribution in [3.8, 4) is 0 Å². The molecule has 36 heavy (non-hydrogen) atoms. The van der Waals surface area contributed by atoms with Gasteiger partial charge in [0.2, 0.25) is 0 Å². The van der Waals surface area contributed by atoms with Crippen LogP contribution >= 0.6 is 0 Å². The minimum absolute atomic E-state index is 1.02. The van der Waals surface area contributed by atoms with Gasteiger partial charge in [0.1, 0.15) is 0 Å². The summed E-state index contributed by atoms with van der Waals surface area (Å²) in [5, 5.41) is 0. The van der Waals surface area contributed by atoms with E-state index in [4.69, 9.17) is 0 Å². The van der Waals surface area contributed by atoms with Crippen LogP contribution in [-0.4, -0.2) is 0 Å². The Hall–Kier alpha value is -1.56. The maximum absolute atomic E-state index is 2.37. The SMILES string of the molecule is CC1CCC(C)CC1.CCC1CCC(CC)CC1.CCc1ccc(CC)cc1.Cc1ccc(C)cc1. The van der Waals surface area contributed by atoms with Crippen molar-refractivity contribution >= 4 is 0 Å². The summed E-state index contributed by atoms with van der Waals surface area (Å²) in [6, 6.07) is 17.3. The van der Waals surface area contributed by atoms with E-state index in [0.717, 1.165) is 36.5 Å². The Balaban J connectivity index is 0.000000241. The van der Waals surface area contributed by atoms with E-state index in [1.54, 1.807) is 0 Å². The first-order chi connectivity index (χ1) is 17.3. The lowest BCUT2D eigenvalue weighted by Gasteiger charge is -2.26. The van der Waals surface area contributed by atoms with Crippen LogP contribution in [-0.2, 0) is 12.8 Å². The molecular formula is C36H60. The molecule has 0 nitrogen and oxygen atoms in total. The molecule has 0 heterocycles. The first kappa shape index (κ1) is 32.5. The largest absolute Gasteiger partial charge is 0.0651 e. The van der Waals surface area contributed by atoms with Gasteiger partial charge in [-0.15, -0.1) is 0 Å². The Labute approximate surface area is 226 Å². The summed E-state index contributed by atoms with van der Waals surface area (Å²) in [4.78, 5) is 0. The summed E-state index contributed by atoms with van der Waals surface area (Å²) in [7, 11) is 0. The second kappa shape index (κ2) is 19.5. The summed E-state index contributed by atoms with van der Waals surface area (Å²) in [6.45, 7) is 18.0. The van der Waals surface area contributed by atoms with Crippen molar-refractivity contribution in [1.82, 2.24) is 0 Å². The van der Waals surface area contributed by atoms with Gasteiger partial charge < -0.3 is 0 Å². The molecule has 0 amide bonds. The molecule has 0 bridgehead atoms. The van der Waals surface area contributed by atoms with Crippen LogP contribution in [0.5, 0.6) is 0 Å². The number of rotatable bonds is 4. The molecule has 2 aromatic rings. The van der Waals surface area contributed by atoms with Crippen molar-refractivity contribution in [1.29, 1.82) is 0 Å². The van der Waals surface area contributed by atoms with Gasteiger partial charge in [-0.3, -0.25) is 0 Å². The molecule has 204 valence electrons. The smallest absolute Gasteiger partial charge is 0.0307 e. The molecule has 2 aliphatic rings. The lowest BCUT2D eigenvalue weighted by Crippen LogP contribution is -2.12. The molecule has 2 fully saturated rings. The third-order valence-corrected chi connectivity index (χ3v) is 8.48. The van der Waals surface area contributed by atoms with Crippen LogP contribution in [0.25, 0.3) is 0 Å². The second-order valence-electron chi connectivity index (χ2n) is 11.7. The number of benzene rings is 2. The van der Waals surface area contributed by atoms with Crippen molar-refractivity contribution in [3.05, 3.63) is 70.8 Å². The van der Waals surface area contributed by atoms with E-state index in [1.807, 2.05) is 0 Å². The van der Waals surface area contributed by atoms with Crippen LogP contribution in [0, 0.1) is 37.5 Å². The Bertz CT molecular complexity index is 672. The first-order valence-corrected chi connectivity index (χ1v) is 15.4. The van der Waals surface area contributed by atoms with Gasteiger partial charge in [0.15, 0.2) is 0 Å². The fraction of sp³-hybridized carbons (Fsp3) is 0.667. The Kier molecular flexibility index (Phi) is 17.6. The monoisotopic (exact) mass is 492 g/mol. The topological polar surface area (TPSA) is 0 Å². The van der Waals surface area contributed by atoms with E-state index >= 15 is 0 Å². The standard InChI is InChI=1S/C10H20.C10H14.C8H16.C8H10/c2*1-3-9-5-7-10(4-2)8-6-9;2*1-7-3-5-8(2)6-4-7/h9-10H,3-8H2,1-2H3;5-8H,3-4H2,1-2H3;7-8H,3-6H2,1-2H3;3-6H,1-2H3. The average Bonchev–Trinajstić information content (AvgIpc) is 2.93. The zero-order valence-electron chi connectivity index (χ0n) is 25.4. The normalized spacial score (nSPS) is 23.1. The highest BCUT2D eigenvalue weighted by atomic mass is 14.2. The predicted molar refractivity (Wildman–Crippen MR) is 164 cm³/mol. The van der Waals surface area contributed by atoms with E-state index in [2.05, 4.69) is 104 Å². The zero-order chi connectivity index (χ0) is 26.8. The Morgan fingerprint density at radius 1 is 0.472 bits per heavy atom. The Morgan fingerprint density at radius 3 is 0.972 bits per heavy atom. The van der Waals surface area contributed by atoms with Crippen LogP contribution in [0.15, 0.2) is 48.5 Å². The lowest BCUT2D eigenvalue weighted by molar-refractivity contribution is 0.264. The highest BCUT2D eigenvalue weighted by molar-refractivity contribution is 5.22. The molecule has 0 atom stereocenters. The predicted octanol–water partition coefficient (Wildman–Crippen LogP) is 11.6. The van der Waals surface area contributed by atoms with Gasteiger partial charge in [-0.2, -0.15) is 0 Å². The molecule has 0 spiro atoms. The number of hydrogen-bond acceptors (Lipinski definition) is 0. The van der Waals surface area contributed by atoms with E-state index < -0.39 is 0 Å². The van der Waals surface area contributed by atoms with Crippen LogP contribution < -0.4 is 0 Å². The van der Waals surface area contributed by atoms with Crippen LogP contribution in [0.1, 0.15) is 128 Å². The molecule has 2 aliphatic carbocycles. The molecule has 2 aromatic carbocycles. The van der Waals surface area contributed by atoms with E-state index in [1.165, 1.54) is 86.5 Å². The van der Waals surface area contributed by atoms with Gasteiger partial charge in [0.25, 0.3) is 0 Å². The third-order valence-electron chi connectivity index (χ3n) is 8.48. The quantitative estimate of drug-likeness (QED) is 0.398. The molecule has 0 aromatic heterocycles. The summed E-state index contributed by atoms with van der Waals surface area (Å²) < 4.78 is 0. The van der Waals surface area contributed by atoms with Crippen molar-refractivity contribution in [2.24, 2.45) is 23.7 Å². The maximum Gasteiger partial charge on any atom is -0.0307 e. The third kappa shape index (κ3) is 14.9. The minimum atomic E-state index is 1.02.